The molecule has 0 aromatic heterocycles. The first kappa shape index (κ1) is 22.3. The fourth-order valence-electron chi connectivity index (χ4n) is 2.42. The summed E-state index contributed by atoms with van der Waals surface area (Å²) in [4.78, 5) is 13.3. The number of nitrogens with one attached hydrogen (secondary N) is 1. The number of benzene rings is 1. The quantitative estimate of drug-likeness (QED) is 0.518. The molecule has 0 saturated carbocycles. The first-order valence-electron chi connectivity index (χ1n) is 7.91. The number of amides is 1. The summed E-state index contributed by atoms with van der Waals surface area (Å²) in [6.07, 6.45) is 10.9. The van der Waals surface area contributed by atoms with Gasteiger partial charge in [0.15, 0.2) is 0 Å². The van der Waals surface area contributed by atoms with Crippen LogP contribution in [0.3, 0.4) is 0 Å². The summed E-state index contributed by atoms with van der Waals surface area (Å²) in [5, 5.41) is 2.93. The molecule has 0 radical (unpaired) electrons. The van der Waals surface area contributed by atoms with Crippen molar-refractivity contribution in [2.24, 2.45) is 5.92 Å². The molecule has 0 heterocycles. The van der Waals surface area contributed by atoms with Crippen LogP contribution >= 0.6 is 11.8 Å². The number of hydrogen-bond acceptors (Lipinski definition) is 2. The fourth-order valence-corrected chi connectivity index (χ4v) is 2.82. The molecule has 1 aromatic carbocycles. The van der Waals surface area contributed by atoms with E-state index in [2.05, 4.69) is 38.9 Å². The highest BCUT2D eigenvalue weighted by molar-refractivity contribution is 8.02. The van der Waals surface area contributed by atoms with E-state index < -0.39 is 0 Å². The molecule has 1 N–H and O–H groups in total. The van der Waals surface area contributed by atoms with Crippen molar-refractivity contribution in [2.45, 2.75) is 47.0 Å². The van der Waals surface area contributed by atoms with Gasteiger partial charge in [-0.15, -0.1) is 24.6 Å². The zero-order chi connectivity index (χ0) is 18.9. The average Bonchev–Trinajstić information content (AvgIpc) is 2.56. The zero-order valence-corrected chi connectivity index (χ0v) is 16.3. The third-order valence-electron chi connectivity index (χ3n) is 3.79. The van der Waals surface area contributed by atoms with Gasteiger partial charge in [-0.2, -0.15) is 0 Å². The normalized spacial score (nSPS) is 12.8. The van der Waals surface area contributed by atoms with Gasteiger partial charge in [0.2, 0.25) is 0 Å². The Kier molecular flexibility index (Phi) is 10.1. The Morgan fingerprint density at radius 2 is 1.83 bits per heavy atom. The summed E-state index contributed by atoms with van der Waals surface area (Å²) in [5.41, 5.74) is 2.25. The first-order chi connectivity index (χ1) is 11.3. The number of carbonyl (C=O) groups excluding carboxylic acids is 1. The molecule has 132 valence electrons. The Bertz CT molecular complexity index is 605. The van der Waals surface area contributed by atoms with Crippen LogP contribution in [-0.4, -0.2) is 12.2 Å². The zero-order valence-electron chi connectivity index (χ0n) is 15.4. The van der Waals surface area contributed by atoms with Crippen LogP contribution in [0.1, 0.15) is 52.5 Å². The predicted molar refractivity (Wildman–Crippen MR) is 105 cm³/mol. The number of thioether (sulfide) groups is 1. The van der Waals surface area contributed by atoms with Gasteiger partial charge >= 0.3 is 0 Å². The molecule has 1 atom stereocenters. The lowest BCUT2D eigenvalue weighted by atomic mass is 9.90. The monoisotopic (exact) mass is 349 g/mol. The lowest BCUT2D eigenvalue weighted by Gasteiger charge is -2.19. The van der Waals surface area contributed by atoms with Crippen LogP contribution in [0.25, 0.3) is 0 Å². The maximum atomic E-state index is 13.6. The molecule has 0 aliphatic rings. The van der Waals surface area contributed by atoms with Crippen LogP contribution in [0.15, 0.2) is 28.7 Å². The molecular weight excluding hydrogens is 321 g/mol. The molecule has 1 unspecified atom stereocenters. The van der Waals surface area contributed by atoms with E-state index >= 15 is 0 Å². The van der Waals surface area contributed by atoms with Gasteiger partial charge < -0.3 is 5.32 Å². The van der Waals surface area contributed by atoms with Crippen molar-refractivity contribution in [1.29, 1.82) is 0 Å². The SMILES string of the molecule is C#C.CS/C(C)=C(\C)C(=O)Nc1ccc(F)cc1C(C)CC(C)C. The van der Waals surface area contributed by atoms with Crippen LogP contribution in [-0.2, 0) is 4.79 Å². The average molecular weight is 350 g/mol. The van der Waals surface area contributed by atoms with E-state index in [9.17, 15) is 9.18 Å². The highest BCUT2D eigenvalue weighted by Gasteiger charge is 2.16. The smallest absolute Gasteiger partial charge is 0.252 e. The van der Waals surface area contributed by atoms with Gasteiger partial charge in [-0.3, -0.25) is 4.79 Å². The third kappa shape index (κ3) is 6.80. The van der Waals surface area contributed by atoms with Gasteiger partial charge in [-0.05, 0) is 67.0 Å². The van der Waals surface area contributed by atoms with E-state index in [0.29, 0.717) is 17.2 Å². The van der Waals surface area contributed by atoms with Crippen LogP contribution in [0.2, 0.25) is 0 Å². The second kappa shape index (κ2) is 10.9. The summed E-state index contributed by atoms with van der Waals surface area (Å²) >= 11 is 1.55. The topological polar surface area (TPSA) is 29.1 Å². The minimum Gasteiger partial charge on any atom is -0.322 e. The van der Waals surface area contributed by atoms with Gasteiger partial charge in [0.1, 0.15) is 5.82 Å². The van der Waals surface area contributed by atoms with Crippen LogP contribution in [0.5, 0.6) is 0 Å². The molecule has 1 aromatic rings. The number of terminal acetylenes is 1. The minimum absolute atomic E-state index is 0.128. The van der Waals surface area contributed by atoms with Gasteiger partial charge in [0.05, 0.1) is 0 Å². The fraction of sp³-hybridized carbons (Fsp3) is 0.450. The Hall–Kier alpha value is -1.73. The highest BCUT2D eigenvalue weighted by Crippen LogP contribution is 2.30. The van der Waals surface area contributed by atoms with Crippen molar-refractivity contribution >= 4 is 23.4 Å². The summed E-state index contributed by atoms with van der Waals surface area (Å²) in [6.45, 7) is 10.1. The molecule has 2 nitrogen and oxygen atoms in total. The van der Waals surface area contributed by atoms with Crippen LogP contribution in [0.4, 0.5) is 10.1 Å². The molecule has 24 heavy (non-hydrogen) atoms. The Morgan fingerprint density at radius 3 is 2.33 bits per heavy atom. The summed E-state index contributed by atoms with van der Waals surface area (Å²) < 4.78 is 13.6. The molecule has 0 fully saturated rings. The number of allylic oxidation sites excluding steroid dienone is 1. The highest BCUT2D eigenvalue weighted by atomic mass is 32.2. The molecule has 0 spiro atoms. The lowest BCUT2D eigenvalue weighted by molar-refractivity contribution is -0.112. The van der Waals surface area contributed by atoms with Crippen molar-refractivity contribution in [3.05, 3.63) is 40.1 Å². The maximum Gasteiger partial charge on any atom is 0.252 e. The Balaban J connectivity index is 0.00000254. The minimum atomic E-state index is -0.267. The van der Waals surface area contributed by atoms with Gasteiger partial charge in [0, 0.05) is 11.3 Å². The van der Waals surface area contributed by atoms with E-state index in [1.807, 2.05) is 20.1 Å². The molecule has 1 rings (SSSR count). The summed E-state index contributed by atoms with van der Waals surface area (Å²) in [5.74, 6) is 0.312. The molecule has 0 aliphatic heterocycles. The molecule has 0 bridgehead atoms. The van der Waals surface area contributed by atoms with E-state index in [-0.39, 0.29) is 17.6 Å². The van der Waals surface area contributed by atoms with Gasteiger partial charge in [0.25, 0.3) is 5.91 Å². The lowest BCUT2D eigenvalue weighted by Crippen LogP contribution is -2.16. The van der Waals surface area contributed by atoms with Gasteiger partial charge in [-0.25, -0.2) is 4.39 Å². The third-order valence-corrected chi connectivity index (χ3v) is 4.71. The van der Waals surface area contributed by atoms with Gasteiger partial charge in [-0.1, -0.05) is 20.8 Å². The van der Waals surface area contributed by atoms with Crippen LogP contribution in [0, 0.1) is 24.6 Å². The molecule has 4 heteroatoms. The number of halogens is 1. The van der Waals surface area contributed by atoms with Crippen molar-refractivity contribution < 1.29 is 9.18 Å². The van der Waals surface area contributed by atoms with Crippen LogP contribution < -0.4 is 5.32 Å². The summed E-state index contributed by atoms with van der Waals surface area (Å²) in [6, 6.07) is 4.58. The molecular formula is C20H28FNOS. The largest absolute Gasteiger partial charge is 0.322 e. The maximum absolute atomic E-state index is 13.6. The van der Waals surface area contributed by atoms with Crippen molar-refractivity contribution in [1.82, 2.24) is 0 Å². The van der Waals surface area contributed by atoms with E-state index in [0.717, 1.165) is 16.9 Å². The number of rotatable bonds is 6. The Morgan fingerprint density at radius 1 is 1.25 bits per heavy atom. The van der Waals surface area contributed by atoms with E-state index in [1.165, 1.54) is 12.1 Å². The molecule has 0 saturated heterocycles. The predicted octanol–water partition coefficient (Wildman–Crippen LogP) is 5.82. The first-order valence-corrected chi connectivity index (χ1v) is 9.14. The standard InChI is InChI=1S/C18H26FNOS.C2H2/c1-11(2)9-12(3)16-10-15(19)7-8-17(16)20-18(21)13(4)14(5)22-6;1-2/h7-8,10-12H,9H2,1-6H3,(H,20,21);1-2H/b14-13+;. The van der Waals surface area contributed by atoms with E-state index in [4.69, 9.17) is 0 Å². The second-order valence-electron chi connectivity index (χ2n) is 6.10. The van der Waals surface area contributed by atoms with Crippen molar-refractivity contribution in [2.75, 3.05) is 11.6 Å². The molecule has 1 amide bonds. The number of carbonyl (C=O) groups is 1. The van der Waals surface area contributed by atoms with E-state index in [1.54, 1.807) is 17.8 Å². The van der Waals surface area contributed by atoms with Crippen molar-refractivity contribution in [3.63, 3.8) is 0 Å². The molecule has 0 aliphatic carbocycles. The van der Waals surface area contributed by atoms with Crippen molar-refractivity contribution in [3.8, 4) is 12.8 Å². The second-order valence-corrected chi connectivity index (χ2v) is 7.12. The Labute approximate surface area is 150 Å². The number of hydrogen-bond donors (Lipinski definition) is 1. The number of anilines is 1. The summed E-state index contributed by atoms with van der Waals surface area (Å²) in [7, 11) is 0.